The van der Waals surface area contributed by atoms with Crippen LogP contribution in [0.25, 0.3) is 33.3 Å². The minimum Gasteiger partial charge on any atom is -0.436 e. The first kappa shape index (κ1) is 23.0. The number of benzene rings is 4. The molecule has 5 aromatic rings. The molecule has 9 heteroatoms. The Bertz CT molecular complexity index is 1600. The van der Waals surface area contributed by atoms with E-state index in [2.05, 4.69) is 38.2 Å². The molecule has 0 saturated carbocycles. The third-order valence-electron chi connectivity index (χ3n) is 5.14. The largest absolute Gasteiger partial charge is 0.436 e. The van der Waals surface area contributed by atoms with Gasteiger partial charge in [-0.1, -0.05) is 47.5 Å². The van der Waals surface area contributed by atoms with Gasteiger partial charge >= 0.3 is 0 Å². The monoisotopic (exact) mass is 617 g/mol. The summed E-state index contributed by atoms with van der Waals surface area (Å²) in [7, 11) is 0. The van der Waals surface area contributed by atoms with Crippen LogP contribution in [0.3, 0.4) is 0 Å². The maximum Gasteiger partial charge on any atom is 0.258 e. The van der Waals surface area contributed by atoms with Crippen LogP contribution in [0.4, 0.5) is 5.69 Å². The average molecular weight is 618 g/mol. The van der Waals surface area contributed by atoms with E-state index < -0.39 is 0 Å². The highest BCUT2D eigenvalue weighted by atomic mass is 127. The first-order valence-corrected chi connectivity index (χ1v) is 12.3. The molecule has 0 saturated heterocycles. The summed E-state index contributed by atoms with van der Waals surface area (Å²) in [6.07, 6.45) is 0. The SMILES string of the molecule is O=C(NC(=S)Nc1ccc2oc(-c3cccc4c(Cl)cccc34)nc2c1)c1cc(I)ccc1Cl. The van der Waals surface area contributed by atoms with E-state index in [1.165, 1.54) is 0 Å². The molecule has 0 spiro atoms. The number of amides is 1. The topological polar surface area (TPSA) is 67.2 Å². The highest BCUT2D eigenvalue weighted by molar-refractivity contribution is 14.1. The van der Waals surface area contributed by atoms with Gasteiger partial charge < -0.3 is 9.73 Å². The number of hydrogen-bond acceptors (Lipinski definition) is 4. The lowest BCUT2D eigenvalue weighted by atomic mass is 10.0. The summed E-state index contributed by atoms with van der Waals surface area (Å²) < 4.78 is 6.90. The number of rotatable bonds is 3. The number of oxazole rings is 1. The maximum atomic E-state index is 12.6. The summed E-state index contributed by atoms with van der Waals surface area (Å²) in [5.41, 5.74) is 3.13. The molecule has 0 aliphatic heterocycles. The molecule has 0 bridgehead atoms. The fraction of sp³-hybridized carbons (Fsp3) is 0. The van der Waals surface area contributed by atoms with Gasteiger partial charge in [0.25, 0.3) is 5.91 Å². The van der Waals surface area contributed by atoms with Crippen molar-refractivity contribution in [2.24, 2.45) is 0 Å². The van der Waals surface area contributed by atoms with E-state index in [4.69, 9.17) is 39.8 Å². The van der Waals surface area contributed by atoms with Crippen molar-refractivity contribution < 1.29 is 9.21 Å². The molecule has 34 heavy (non-hydrogen) atoms. The quantitative estimate of drug-likeness (QED) is 0.160. The zero-order valence-electron chi connectivity index (χ0n) is 17.2. The molecule has 0 fully saturated rings. The second kappa shape index (κ2) is 9.50. The van der Waals surface area contributed by atoms with Crippen LogP contribution in [0.1, 0.15) is 10.4 Å². The van der Waals surface area contributed by atoms with Crippen LogP contribution in [-0.2, 0) is 0 Å². The second-order valence-corrected chi connectivity index (χ2v) is 9.84. The lowest BCUT2D eigenvalue weighted by molar-refractivity contribution is 0.0978. The number of aromatic nitrogens is 1. The van der Waals surface area contributed by atoms with E-state index in [-0.39, 0.29) is 11.0 Å². The van der Waals surface area contributed by atoms with Crippen LogP contribution in [0.15, 0.2) is 77.2 Å². The number of nitrogens with one attached hydrogen (secondary N) is 2. The zero-order valence-corrected chi connectivity index (χ0v) is 21.7. The lowest BCUT2D eigenvalue weighted by Crippen LogP contribution is -2.34. The summed E-state index contributed by atoms with van der Waals surface area (Å²) >= 11 is 19.9. The van der Waals surface area contributed by atoms with Gasteiger partial charge in [-0.05, 0) is 88.7 Å². The fourth-order valence-corrected chi connectivity index (χ4v) is 4.73. The fourth-order valence-electron chi connectivity index (χ4n) is 3.58. The predicted molar refractivity (Wildman–Crippen MR) is 150 cm³/mol. The van der Waals surface area contributed by atoms with E-state index in [0.717, 1.165) is 19.9 Å². The van der Waals surface area contributed by atoms with Crippen molar-refractivity contribution in [2.75, 3.05) is 5.32 Å². The van der Waals surface area contributed by atoms with E-state index in [1.54, 1.807) is 30.3 Å². The molecule has 0 atom stereocenters. The van der Waals surface area contributed by atoms with E-state index >= 15 is 0 Å². The molecule has 168 valence electrons. The minimum atomic E-state index is -0.388. The Hall–Kier alpha value is -2.72. The molecule has 2 N–H and O–H groups in total. The van der Waals surface area contributed by atoms with Gasteiger partial charge in [-0.2, -0.15) is 0 Å². The van der Waals surface area contributed by atoms with Gasteiger partial charge in [0.15, 0.2) is 10.7 Å². The highest BCUT2D eigenvalue weighted by Crippen LogP contribution is 2.34. The van der Waals surface area contributed by atoms with Crippen molar-refractivity contribution in [3.8, 4) is 11.5 Å². The van der Waals surface area contributed by atoms with Crippen LogP contribution in [0.5, 0.6) is 0 Å². The molecule has 1 heterocycles. The number of anilines is 1. The van der Waals surface area contributed by atoms with Crippen LogP contribution in [0.2, 0.25) is 10.0 Å². The van der Waals surface area contributed by atoms with Crippen molar-refractivity contribution in [2.45, 2.75) is 0 Å². The number of fused-ring (bicyclic) bond motifs is 2. The van der Waals surface area contributed by atoms with E-state index in [9.17, 15) is 4.79 Å². The number of thiocarbonyl (C=S) groups is 1. The number of nitrogens with zero attached hydrogens (tertiary/aromatic N) is 1. The number of hydrogen-bond donors (Lipinski definition) is 2. The summed E-state index contributed by atoms with van der Waals surface area (Å²) in [6.45, 7) is 0. The van der Waals surface area contributed by atoms with Crippen LogP contribution >= 0.6 is 58.0 Å². The Labute approximate surface area is 223 Å². The van der Waals surface area contributed by atoms with Gasteiger partial charge in [0, 0.05) is 25.2 Å². The predicted octanol–water partition coefficient (Wildman–Crippen LogP) is 7.69. The molecule has 5 rings (SSSR count). The van der Waals surface area contributed by atoms with E-state index in [1.807, 2.05) is 42.5 Å². The molecule has 0 aliphatic carbocycles. The molecule has 1 amide bonds. The summed E-state index contributed by atoms with van der Waals surface area (Å²) in [6, 6.07) is 22.2. The maximum absolute atomic E-state index is 12.6. The molecule has 1 aromatic heterocycles. The Balaban J connectivity index is 1.38. The van der Waals surface area contributed by atoms with Crippen LogP contribution < -0.4 is 10.6 Å². The Morgan fingerprint density at radius 1 is 0.941 bits per heavy atom. The summed E-state index contributed by atoms with van der Waals surface area (Å²) in [5, 5.41) is 8.72. The van der Waals surface area contributed by atoms with Crippen molar-refractivity contribution in [3.05, 3.63) is 92.0 Å². The summed E-state index contributed by atoms with van der Waals surface area (Å²) in [5.74, 6) is 0.102. The molecule has 0 aliphatic rings. The van der Waals surface area contributed by atoms with Crippen LogP contribution in [-0.4, -0.2) is 16.0 Å². The van der Waals surface area contributed by atoms with Gasteiger partial charge in [0.1, 0.15) is 5.52 Å². The van der Waals surface area contributed by atoms with Crippen molar-refractivity contribution in [1.82, 2.24) is 10.3 Å². The van der Waals surface area contributed by atoms with Crippen molar-refractivity contribution in [3.63, 3.8) is 0 Å². The molecule has 0 radical (unpaired) electrons. The van der Waals surface area contributed by atoms with Gasteiger partial charge in [0.2, 0.25) is 5.89 Å². The third kappa shape index (κ3) is 4.61. The Morgan fingerprint density at radius 3 is 2.59 bits per heavy atom. The molecular weight excluding hydrogens is 604 g/mol. The van der Waals surface area contributed by atoms with Gasteiger partial charge in [0.05, 0.1) is 10.6 Å². The second-order valence-electron chi connectivity index (χ2n) is 7.37. The molecule has 5 nitrogen and oxygen atoms in total. The standard InChI is InChI=1S/C25H14Cl2IN3O2S/c26-19-6-2-3-15-16(19)4-1-5-17(15)24-30-21-12-14(8-10-22(21)33-24)29-25(34)31-23(32)18-11-13(28)7-9-20(18)27/h1-12H,(H2,29,31,32,34). The first-order chi connectivity index (χ1) is 16.4. The van der Waals surface area contributed by atoms with Crippen LogP contribution in [0, 0.1) is 3.57 Å². The molecule has 4 aromatic carbocycles. The molecular formula is C25H14Cl2IN3O2S. The number of carbonyl (C=O) groups excluding carboxylic acids is 1. The van der Waals surface area contributed by atoms with Gasteiger partial charge in [-0.3, -0.25) is 10.1 Å². The average Bonchev–Trinajstić information content (AvgIpc) is 3.23. The van der Waals surface area contributed by atoms with Gasteiger partial charge in [-0.15, -0.1) is 0 Å². The Morgan fingerprint density at radius 2 is 1.74 bits per heavy atom. The zero-order chi connectivity index (χ0) is 23.8. The van der Waals surface area contributed by atoms with Crippen molar-refractivity contribution in [1.29, 1.82) is 0 Å². The Kier molecular flexibility index (Phi) is 6.44. The first-order valence-electron chi connectivity index (χ1n) is 10.0. The van der Waals surface area contributed by atoms with Gasteiger partial charge in [-0.25, -0.2) is 4.98 Å². The number of halogens is 3. The highest BCUT2D eigenvalue weighted by Gasteiger charge is 2.15. The minimum absolute atomic E-state index is 0.145. The third-order valence-corrected chi connectivity index (χ3v) is 6.68. The molecule has 0 unspecified atom stereocenters. The normalized spacial score (nSPS) is 11.0. The lowest BCUT2D eigenvalue weighted by Gasteiger charge is -2.10. The smallest absolute Gasteiger partial charge is 0.258 e. The van der Waals surface area contributed by atoms with Crippen molar-refractivity contribution >= 4 is 96.6 Å². The number of carbonyl (C=O) groups is 1. The summed E-state index contributed by atoms with van der Waals surface area (Å²) in [4.78, 5) is 17.2. The van der Waals surface area contributed by atoms with E-state index in [0.29, 0.717) is 38.3 Å².